The van der Waals surface area contributed by atoms with Crippen molar-refractivity contribution in [3.8, 4) is 5.75 Å². The van der Waals surface area contributed by atoms with Gasteiger partial charge in [-0.05, 0) is 13.8 Å². The van der Waals surface area contributed by atoms with Crippen molar-refractivity contribution in [2.45, 2.75) is 20.3 Å². The first-order valence-electron chi connectivity index (χ1n) is 4.17. The van der Waals surface area contributed by atoms with Crippen molar-refractivity contribution in [1.82, 2.24) is 4.98 Å². The van der Waals surface area contributed by atoms with Crippen LogP contribution in [0, 0.1) is 6.92 Å². The molecule has 1 aromatic heterocycles. The van der Waals surface area contributed by atoms with Crippen LogP contribution >= 0.6 is 0 Å². The molecule has 0 atom stereocenters. The lowest BCUT2D eigenvalue weighted by Crippen LogP contribution is -2.14. The molecule has 76 valence electrons. The smallest absolute Gasteiger partial charge is 0.233 e. The number of nitrogens with one attached hydrogen (secondary N) is 2. The summed E-state index contributed by atoms with van der Waals surface area (Å²) < 4.78 is 0. The summed E-state index contributed by atoms with van der Waals surface area (Å²) in [6.45, 7) is 3.03. The summed E-state index contributed by atoms with van der Waals surface area (Å²) in [7, 11) is 0. The predicted molar refractivity (Wildman–Crippen MR) is 51.1 cm³/mol. The summed E-state index contributed by atoms with van der Waals surface area (Å²) >= 11 is 0. The van der Waals surface area contributed by atoms with Gasteiger partial charge in [0.1, 0.15) is 5.78 Å². The van der Waals surface area contributed by atoms with Gasteiger partial charge < -0.3 is 15.4 Å². The van der Waals surface area contributed by atoms with Crippen LogP contribution in [0.5, 0.6) is 5.75 Å². The molecule has 1 rings (SSSR count). The van der Waals surface area contributed by atoms with Gasteiger partial charge in [0.2, 0.25) is 5.91 Å². The average Bonchev–Trinajstić information content (AvgIpc) is 2.34. The van der Waals surface area contributed by atoms with E-state index in [1.54, 1.807) is 13.1 Å². The first-order chi connectivity index (χ1) is 6.50. The maximum Gasteiger partial charge on any atom is 0.233 e. The Morgan fingerprint density at radius 2 is 2.21 bits per heavy atom. The molecule has 5 heteroatoms. The predicted octanol–water partition coefficient (Wildman–Crippen LogP) is 0.946. The van der Waals surface area contributed by atoms with Gasteiger partial charge in [-0.15, -0.1) is 0 Å². The van der Waals surface area contributed by atoms with Gasteiger partial charge in [0, 0.05) is 11.8 Å². The third kappa shape index (κ3) is 2.35. The summed E-state index contributed by atoms with van der Waals surface area (Å²) in [5.41, 5.74) is 0.642. The van der Waals surface area contributed by atoms with Crippen LogP contribution in [0.25, 0.3) is 0 Å². The molecule has 5 nitrogen and oxygen atoms in total. The molecule has 0 saturated heterocycles. The highest BCUT2D eigenvalue weighted by Crippen LogP contribution is 2.25. The molecule has 0 aromatic carbocycles. The van der Waals surface area contributed by atoms with Gasteiger partial charge in [-0.25, -0.2) is 0 Å². The second-order valence-corrected chi connectivity index (χ2v) is 3.12. The molecule has 3 N–H and O–H groups in total. The van der Waals surface area contributed by atoms with Crippen LogP contribution in [0.3, 0.4) is 0 Å². The van der Waals surface area contributed by atoms with Gasteiger partial charge in [-0.2, -0.15) is 0 Å². The van der Waals surface area contributed by atoms with Gasteiger partial charge in [0.15, 0.2) is 11.6 Å². The van der Waals surface area contributed by atoms with Crippen LogP contribution in [0.15, 0.2) is 6.20 Å². The van der Waals surface area contributed by atoms with Crippen molar-refractivity contribution in [2.75, 3.05) is 5.32 Å². The van der Waals surface area contributed by atoms with Gasteiger partial charge in [0.05, 0.1) is 6.42 Å². The zero-order valence-corrected chi connectivity index (χ0v) is 8.05. The van der Waals surface area contributed by atoms with Crippen molar-refractivity contribution in [1.29, 1.82) is 0 Å². The van der Waals surface area contributed by atoms with Crippen LogP contribution in [0.4, 0.5) is 5.82 Å². The summed E-state index contributed by atoms with van der Waals surface area (Å²) in [5, 5.41) is 11.8. The zero-order chi connectivity index (χ0) is 10.7. The number of H-pyrrole nitrogens is 1. The first-order valence-corrected chi connectivity index (χ1v) is 4.17. The number of aromatic amines is 1. The van der Waals surface area contributed by atoms with Crippen LogP contribution in [-0.2, 0) is 9.59 Å². The van der Waals surface area contributed by atoms with E-state index in [-0.39, 0.29) is 23.8 Å². The number of aromatic nitrogens is 1. The molecule has 0 radical (unpaired) electrons. The average molecular weight is 196 g/mol. The van der Waals surface area contributed by atoms with E-state index in [1.807, 2.05) is 0 Å². The van der Waals surface area contributed by atoms with Crippen molar-refractivity contribution >= 4 is 17.5 Å². The lowest BCUT2D eigenvalue weighted by molar-refractivity contribution is -0.124. The molecule has 0 aliphatic carbocycles. The Morgan fingerprint density at radius 1 is 1.57 bits per heavy atom. The third-order valence-electron chi connectivity index (χ3n) is 1.72. The summed E-state index contributed by atoms with van der Waals surface area (Å²) in [6.07, 6.45) is 1.39. The third-order valence-corrected chi connectivity index (χ3v) is 1.72. The van der Waals surface area contributed by atoms with Crippen LogP contribution in [-0.4, -0.2) is 21.8 Å². The van der Waals surface area contributed by atoms with E-state index in [4.69, 9.17) is 0 Å². The van der Waals surface area contributed by atoms with Gasteiger partial charge in [-0.1, -0.05) is 0 Å². The number of aryl methyl sites for hydroxylation is 1. The number of Topliss-reactive ketones (excluding diaryl/α,β-unsaturated/α-hetero) is 1. The number of anilines is 1. The molecule has 1 aromatic rings. The molecular formula is C9H12N2O3. The van der Waals surface area contributed by atoms with Crippen molar-refractivity contribution in [3.05, 3.63) is 11.8 Å². The quantitative estimate of drug-likeness (QED) is 0.629. The Hall–Kier alpha value is -1.78. The highest BCUT2D eigenvalue weighted by molar-refractivity contribution is 6.03. The van der Waals surface area contributed by atoms with Crippen LogP contribution in [0.2, 0.25) is 0 Å². The number of aromatic hydroxyl groups is 1. The number of rotatable bonds is 3. The normalized spacial score (nSPS) is 9.86. The van der Waals surface area contributed by atoms with Gasteiger partial charge in [-0.3, -0.25) is 9.59 Å². The van der Waals surface area contributed by atoms with E-state index < -0.39 is 5.91 Å². The monoisotopic (exact) mass is 196 g/mol. The Balaban J connectivity index is 2.65. The van der Waals surface area contributed by atoms with E-state index in [9.17, 15) is 14.7 Å². The fraction of sp³-hybridized carbons (Fsp3) is 0.333. The molecular weight excluding hydrogens is 184 g/mol. The summed E-state index contributed by atoms with van der Waals surface area (Å²) in [4.78, 5) is 24.4. The zero-order valence-electron chi connectivity index (χ0n) is 8.05. The molecule has 0 bridgehead atoms. The molecule has 1 heterocycles. The molecule has 0 saturated carbocycles. The van der Waals surface area contributed by atoms with Gasteiger partial charge in [0.25, 0.3) is 0 Å². The SMILES string of the molecule is CC(=O)CC(=O)Nc1[nH]cc(C)c1O. The number of hydrogen-bond acceptors (Lipinski definition) is 3. The molecule has 1 amide bonds. The Labute approximate surface area is 81.1 Å². The molecule has 0 fully saturated rings. The molecule has 14 heavy (non-hydrogen) atoms. The minimum Gasteiger partial charge on any atom is -0.504 e. The van der Waals surface area contributed by atoms with E-state index in [2.05, 4.69) is 10.3 Å². The minimum absolute atomic E-state index is 0.00176. The number of ketones is 1. The van der Waals surface area contributed by atoms with Crippen LogP contribution < -0.4 is 5.32 Å². The largest absolute Gasteiger partial charge is 0.504 e. The maximum atomic E-state index is 11.1. The molecule has 0 aliphatic heterocycles. The fourth-order valence-corrected chi connectivity index (χ4v) is 1.02. The number of carbonyl (C=O) groups excluding carboxylic acids is 2. The van der Waals surface area contributed by atoms with Crippen molar-refractivity contribution < 1.29 is 14.7 Å². The molecule has 0 aliphatic rings. The van der Waals surface area contributed by atoms with E-state index in [1.165, 1.54) is 6.92 Å². The van der Waals surface area contributed by atoms with E-state index in [0.29, 0.717) is 5.56 Å². The Kier molecular flexibility index (Phi) is 2.91. The standard InChI is InChI=1S/C9H12N2O3/c1-5-4-10-9(8(5)14)11-7(13)3-6(2)12/h4,10,14H,3H2,1-2H3,(H,11,13). The number of hydrogen-bond donors (Lipinski definition) is 3. The minimum atomic E-state index is -0.436. The fourth-order valence-electron chi connectivity index (χ4n) is 1.02. The van der Waals surface area contributed by atoms with Crippen molar-refractivity contribution in [2.24, 2.45) is 0 Å². The topological polar surface area (TPSA) is 82.2 Å². The summed E-state index contributed by atoms with van der Waals surface area (Å²) in [6, 6.07) is 0. The van der Waals surface area contributed by atoms with E-state index >= 15 is 0 Å². The number of amides is 1. The maximum absolute atomic E-state index is 11.1. The lowest BCUT2D eigenvalue weighted by atomic mass is 10.3. The van der Waals surface area contributed by atoms with E-state index in [0.717, 1.165) is 0 Å². The number of carbonyl (C=O) groups is 2. The molecule has 0 spiro atoms. The van der Waals surface area contributed by atoms with Crippen LogP contribution in [0.1, 0.15) is 18.9 Å². The second kappa shape index (κ2) is 3.95. The lowest BCUT2D eigenvalue weighted by Gasteiger charge is -2.01. The van der Waals surface area contributed by atoms with Crippen molar-refractivity contribution in [3.63, 3.8) is 0 Å². The van der Waals surface area contributed by atoms with Gasteiger partial charge >= 0.3 is 0 Å². The Bertz CT molecular complexity index is 368. The summed E-state index contributed by atoms with van der Waals surface area (Å²) in [5.74, 6) is -0.421. The highest BCUT2D eigenvalue weighted by Gasteiger charge is 2.10. The Morgan fingerprint density at radius 3 is 2.64 bits per heavy atom. The second-order valence-electron chi connectivity index (χ2n) is 3.12. The highest BCUT2D eigenvalue weighted by atomic mass is 16.3. The molecule has 0 unspecified atom stereocenters. The first kappa shape index (κ1) is 10.3.